The van der Waals surface area contributed by atoms with Crippen molar-refractivity contribution >= 4 is 21.6 Å². The Kier molecular flexibility index (Phi) is 5.08. The zero-order chi connectivity index (χ0) is 16.3. The first kappa shape index (κ1) is 16.8. The highest BCUT2D eigenvalue weighted by Gasteiger charge is 2.19. The average Bonchev–Trinajstić information content (AvgIpc) is 2.97. The summed E-state index contributed by atoms with van der Waals surface area (Å²) in [4.78, 5) is 12.2. The lowest BCUT2D eigenvalue weighted by atomic mass is 10.1. The van der Waals surface area contributed by atoms with Crippen LogP contribution in [0.25, 0.3) is 0 Å². The van der Waals surface area contributed by atoms with E-state index in [1.807, 2.05) is 6.92 Å². The summed E-state index contributed by atoms with van der Waals surface area (Å²) in [5, 5.41) is 2.83. The van der Waals surface area contributed by atoms with Gasteiger partial charge in [-0.2, -0.15) is 0 Å². The van der Waals surface area contributed by atoms with E-state index < -0.39 is 10.0 Å². The van der Waals surface area contributed by atoms with Crippen molar-refractivity contribution in [1.29, 1.82) is 0 Å². The van der Waals surface area contributed by atoms with Gasteiger partial charge in [-0.3, -0.25) is 9.10 Å². The second-order valence-corrected chi connectivity index (χ2v) is 7.59. The molecule has 0 bridgehead atoms. The molecule has 2 rings (SSSR count). The van der Waals surface area contributed by atoms with Crippen molar-refractivity contribution in [1.82, 2.24) is 5.32 Å². The van der Waals surface area contributed by atoms with Crippen molar-refractivity contribution in [2.24, 2.45) is 0 Å². The van der Waals surface area contributed by atoms with E-state index >= 15 is 0 Å². The zero-order valence-electron chi connectivity index (χ0n) is 13.1. The van der Waals surface area contributed by atoms with Crippen molar-refractivity contribution in [3.63, 3.8) is 0 Å². The fourth-order valence-corrected chi connectivity index (χ4v) is 2.94. The summed E-state index contributed by atoms with van der Waals surface area (Å²) in [5.74, 6) is -0.223. The lowest BCUT2D eigenvalue weighted by molar-refractivity contribution is 0.0858. The topological polar surface area (TPSA) is 75.7 Å². The Hall–Kier alpha value is -1.60. The number of amides is 1. The van der Waals surface area contributed by atoms with Crippen molar-refractivity contribution in [2.45, 2.75) is 25.9 Å². The van der Waals surface area contributed by atoms with E-state index in [4.69, 9.17) is 4.74 Å². The predicted molar refractivity (Wildman–Crippen MR) is 85.7 cm³/mol. The standard InChI is InChI=1S/C15H22N2O4S/c1-11-6-7-12(9-14(11)17(2)22(3,19)20)15(18)16-10-13-5-4-8-21-13/h6-7,9,13H,4-5,8,10H2,1-3H3,(H,16,18). The van der Waals surface area contributed by atoms with Crippen LogP contribution in [0.4, 0.5) is 5.69 Å². The maximum absolute atomic E-state index is 12.2. The van der Waals surface area contributed by atoms with Gasteiger partial charge in [0.05, 0.1) is 18.0 Å². The molecule has 6 nitrogen and oxygen atoms in total. The smallest absolute Gasteiger partial charge is 0.251 e. The molecule has 1 atom stereocenters. The van der Waals surface area contributed by atoms with Crippen LogP contribution in [0.3, 0.4) is 0 Å². The summed E-state index contributed by atoms with van der Waals surface area (Å²) in [6.07, 6.45) is 3.19. The highest BCUT2D eigenvalue weighted by atomic mass is 32.2. The minimum absolute atomic E-state index is 0.0764. The fraction of sp³-hybridized carbons (Fsp3) is 0.533. The number of rotatable bonds is 5. The molecule has 0 saturated carbocycles. The van der Waals surface area contributed by atoms with E-state index in [0.717, 1.165) is 31.3 Å². The molecule has 1 heterocycles. The van der Waals surface area contributed by atoms with Gasteiger partial charge in [0.1, 0.15) is 0 Å². The van der Waals surface area contributed by atoms with E-state index in [0.29, 0.717) is 17.8 Å². The molecule has 0 aliphatic carbocycles. The molecule has 1 aliphatic heterocycles. The van der Waals surface area contributed by atoms with Gasteiger partial charge in [-0.25, -0.2) is 8.42 Å². The first-order valence-electron chi connectivity index (χ1n) is 7.23. The third kappa shape index (κ3) is 3.98. The summed E-state index contributed by atoms with van der Waals surface area (Å²) in [7, 11) is -1.89. The van der Waals surface area contributed by atoms with Crippen molar-refractivity contribution in [3.8, 4) is 0 Å². The molecule has 22 heavy (non-hydrogen) atoms. The fourth-order valence-electron chi connectivity index (χ4n) is 2.38. The zero-order valence-corrected chi connectivity index (χ0v) is 13.9. The van der Waals surface area contributed by atoms with Crippen LogP contribution in [-0.4, -0.2) is 46.9 Å². The summed E-state index contributed by atoms with van der Waals surface area (Å²) >= 11 is 0. The average molecular weight is 326 g/mol. The molecule has 0 spiro atoms. The summed E-state index contributed by atoms with van der Waals surface area (Å²) in [5.41, 5.74) is 1.74. The number of nitrogens with one attached hydrogen (secondary N) is 1. The maximum Gasteiger partial charge on any atom is 0.251 e. The van der Waals surface area contributed by atoms with Crippen LogP contribution >= 0.6 is 0 Å². The highest BCUT2D eigenvalue weighted by Crippen LogP contribution is 2.22. The second-order valence-electron chi connectivity index (χ2n) is 5.58. The van der Waals surface area contributed by atoms with E-state index in [-0.39, 0.29) is 12.0 Å². The third-order valence-corrected chi connectivity index (χ3v) is 5.01. The number of ether oxygens (including phenoxy) is 1. The van der Waals surface area contributed by atoms with E-state index in [2.05, 4.69) is 5.32 Å². The largest absolute Gasteiger partial charge is 0.376 e. The number of carbonyl (C=O) groups is 1. The Morgan fingerprint density at radius 3 is 2.77 bits per heavy atom. The Morgan fingerprint density at radius 2 is 2.18 bits per heavy atom. The van der Waals surface area contributed by atoms with E-state index in [1.54, 1.807) is 18.2 Å². The van der Waals surface area contributed by atoms with Crippen LogP contribution in [0.15, 0.2) is 18.2 Å². The van der Waals surface area contributed by atoms with Gasteiger partial charge < -0.3 is 10.1 Å². The predicted octanol–water partition coefficient (Wildman–Crippen LogP) is 1.30. The maximum atomic E-state index is 12.2. The number of hydrogen-bond acceptors (Lipinski definition) is 4. The molecule has 0 aromatic heterocycles. The first-order chi connectivity index (χ1) is 10.3. The van der Waals surface area contributed by atoms with Gasteiger partial charge in [0.15, 0.2) is 0 Å². The van der Waals surface area contributed by atoms with Gasteiger partial charge in [-0.05, 0) is 37.5 Å². The number of sulfonamides is 1. The Balaban J connectivity index is 2.12. The Labute approximate surface area is 131 Å². The second kappa shape index (κ2) is 6.66. The lowest BCUT2D eigenvalue weighted by Crippen LogP contribution is -2.32. The van der Waals surface area contributed by atoms with Crippen LogP contribution in [0, 0.1) is 6.92 Å². The molecule has 1 fully saturated rings. The molecule has 0 radical (unpaired) electrons. The molecule has 1 aromatic rings. The van der Waals surface area contributed by atoms with Gasteiger partial charge in [-0.1, -0.05) is 6.07 Å². The van der Waals surface area contributed by atoms with Gasteiger partial charge in [0, 0.05) is 25.8 Å². The van der Waals surface area contributed by atoms with Crippen LogP contribution in [0.1, 0.15) is 28.8 Å². The molecule has 1 unspecified atom stereocenters. The molecule has 1 aliphatic rings. The monoisotopic (exact) mass is 326 g/mol. The van der Waals surface area contributed by atoms with Gasteiger partial charge in [0.2, 0.25) is 10.0 Å². The Bertz CT molecular complexity index is 652. The summed E-state index contributed by atoms with van der Waals surface area (Å²) in [6.45, 7) is 3.03. The summed E-state index contributed by atoms with van der Waals surface area (Å²) in [6, 6.07) is 5.04. The molecule has 122 valence electrons. The molecule has 1 N–H and O–H groups in total. The number of anilines is 1. The molecule has 7 heteroatoms. The van der Waals surface area contributed by atoms with Crippen LogP contribution in [-0.2, 0) is 14.8 Å². The van der Waals surface area contributed by atoms with Crippen molar-refractivity contribution in [2.75, 3.05) is 30.8 Å². The minimum atomic E-state index is -3.36. The van der Waals surface area contributed by atoms with Gasteiger partial charge in [0.25, 0.3) is 5.91 Å². The molecule has 1 saturated heterocycles. The summed E-state index contributed by atoms with van der Waals surface area (Å²) < 4.78 is 30.0. The molecular weight excluding hydrogens is 304 g/mol. The third-order valence-electron chi connectivity index (χ3n) is 3.82. The van der Waals surface area contributed by atoms with Gasteiger partial charge in [-0.15, -0.1) is 0 Å². The highest BCUT2D eigenvalue weighted by molar-refractivity contribution is 7.92. The normalized spacial score (nSPS) is 18.2. The van der Waals surface area contributed by atoms with Crippen LogP contribution < -0.4 is 9.62 Å². The van der Waals surface area contributed by atoms with Crippen molar-refractivity contribution in [3.05, 3.63) is 29.3 Å². The lowest BCUT2D eigenvalue weighted by Gasteiger charge is -2.20. The van der Waals surface area contributed by atoms with Crippen LogP contribution in [0.5, 0.6) is 0 Å². The quantitative estimate of drug-likeness (QED) is 0.885. The van der Waals surface area contributed by atoms with E-state index in [9.17, 15) is 13.2 Å². The molecule has 1 aromatic carbocycles. The number of hydrogen-bond donors (Lipinski definition) is 1. The van der Waals surface area contributed by atoms with Crippen molar-refractivity contribution < 1.29 is 17.9 Å². The number of nitrogens with zero attached hydrogens (tertiary/aromatic N) is 1. The number of aryl methyl sites for hydroxylation is 1. The number of carbonyl (C=O) groups excluding carboxylic acids is 1. The van der Waals surface area contributed by atoms with Gasteiger partial charge >= 0.3 is 0 Å². The Morgan fingerprint density at radius 1 is 1.45 bits per heavy atom. The van der Waals surface area contributed by atoms with E-state index in [1.165, 1.54) is 11.4 Å². The van der Waals surface area contributed by atoms with Crippen LogP contribution in [0.2, 0.25) is 0 Å². The molecule has 1 amide bonds. The first-order valence-corrected chi connectivity index (χ1v) is 9.08. The number of benzene rings is 1. The minimum Gasteiger partial charge on any atom is -0.376 e. The molecular formula is C15H22N2O4S. The SMILES string of the molecule is Cc1ccc(C(=O)NCC2CCCO2)cc1N(C)S(C)(=O)=O.